The number of nitrogens with one attached hydrogen (secondary N) is 3. The fourth-order valence-electron chi connectivity index (χ4n) is 3.56. The number of carboxylic acid groups (broad SMARTS) is 1. The minimum atomic E-state index is -1.24. The number of rotatable bonds is 13. The molecular weight excluding hydrogens is 464 g/mol. The molecule has 2 aromatic rings. The second-order valence-electron chi connectivity index (χ2n) is 9.03. The van der Waals surface area contributed by atoms with Crippen LogP contribution >= 0.6 is 0 Å². The van der Waals surface area contributed by atoms with Gasteiger partial charge in [0.25, 0.3) is 0 Å². The highest BCUT2D eigenvalue weighted by Crippen LogP contribution is 2.11. The first-order valence-corrected chi connectivity index (χ1v) is 11.7. The van der Waals surface area contributed by atoms with E-state index in [2.05, 4.69) is 16.0 Å². The van der Waals surface area contributed by atoms with Crippen LogP contribution in [0, 0.1) is 5.92 Å². The van der Waals surface area contributed by atoms with Gasteiger partial charge in [0.1, 0.15) is 17.8 Å². The minimum Gasteiger partial charge on any atom is -0.508 e. The molecule has 0 bridgehead atoms. The van der Waals surface area contributed by atoms with E-state index in [1.165, 1.54) is 12.1 Å². The van der Waals surface area contributed by atoms with Gasteiger partial charge in [-0.2, -0.15) is 0 Å². The Bertz CT molecular complexity index is 1030. The van der Waals surface area contributed by atoms with E-state index >= 15 is 0 Å². The summed E-state index contributed by atoms with van der Waals surface area (Å²) in [6.07, 6.45) is 0.633. The molecule has 2 aromatic carbocycles. The Morgan fingerprint density at radius 3 is 2.00 bits per heavy atom. The maximum atomic E-state index is 12.9. The van der Waals surface area contributed by atoms with E-state index in [-0.39, 0.29) is 24.5 Å². The van der Waals surface area contributed by atoms with Crippen molar-refractivity contribution in [3.05, 3.63) is 65.7 Å². The van der Waals surface area contributed by atoms with E-state index in [1.807, 2.05) is 44.2 Å². The number of hydrogen-bond donors (Lipinski definition) is 6. The van der Waals surface area contributed by atoms with Crippen molar-refractivity contribution in [2.24, 2.45) is 11.7 Å². The number of carbonyl (C=O) groups excluding carboxylic acids is 3. The highest BCUT2D eigenvalue weighted by Gasteiger charge is 2.26. The first-order chi connectivity index (χ1) is 17.0. The zero-order valence-electron chi connectivity index (χ0n) is 20.4. The van der Waals surface area contributed by atoms with Gasteiger partial charge in [0.05, 0.1) is 12.6 Å². The van der Waals surface area contributed by atoms with Gasteiger partial charge in [-0.1, -0.05) is 56.3 Å². The lowest BCUT2D eigenvalue weighted by molar-refractivity contribution is -0.141. The van der Waals surface area contributed by atoms with Gasteiger partial charge >= 0.3 is 5.97 Å². The smallest absolute Gasteiger partial charge is 0.326 e. The summed E-state index contributed by atoms with van der Waals surface area (Å²) in [7, 11) is 0. The second kappa shape index (κ2) is 13.8. The third kappa shape index (κ3) is 9.75. The van der Waals surface area contributed by atoms with Gasteiger partial charge in [-0.25, -0.2) is 4.79 Å². The zero-order chi connectivity index (χ0) is 26.7. The van der Waals surface area contributed by atoms with Crippen LogP contribution in [0.5, 0.6) is 5.75 Å². The second-order valence-corrected chi connectivity index (χ2v) is 9.03. The van der Waals surface area contributed by atoms with Crippen LogP contribution in [0.4, 0.5) is 0 Å². The van der Waals surface area contributed by atoms with Crippen molar-refractivity contribution >= 4 is 23.7 Å². The molecule has 36 heavy (non-hydrogen) atoms. The number of carbonyl (C=O) groups is 4. The number of amides is 3. The van der Waals surface area contributed by atoms with Crippen LogP contribution in [0.1, 0.15) is 31.4 Å². The fourth-order valence-corrected chi connectivity index (χ4v) is 3.56. The molecule has 10 nitrogen and oxygen atoms in total. The Kier molecular flexibility index (Phi) is 10.9. The zero-order valence-corrected chi connectivity index (χ0v) is 20.4. The quantitative estimate of drug-likeness (QED) is 0.236. The highest BCUT2D eigenvalue weighted by molar-refractivity contribution is 5.92. The SMILES string of the molecule is CC(C)CC(N)C(=O)NC(Cc1ccccc1)C(=O)NCC(=O)NC(Cc1ccc(O)cc1)C(=O)O. The van der Waals surface area contributed by atoms with Crippen molar-refractivity contribution in [2.75, 3.05) is 6.54 Å². The predicted molar refractivity (Wildman–Crippen MR) is 134 cm³/mol. The van der Waals surface area contributed by atoms with Crippen LogP contribution in [0.25, 0.3) is 0 Å². The maximum absolute atomic E-state index is 12.9. The largest absolute Gasteiger partial charge is 0.508 e. The van der Waals surface area contributed by atoms with Crippen LogP contribution in [-0.4, -0.2) is 58.6 Å². The molecule has 0 spiro atoms. The highest BCUT2D eigenvalue weighted by atomic mass is 16.4. The number of phenols is 1. The van der Waals surface area contributed by atoms with Crippen molar-refractivity contribution in [1.82, 2.24) is 16.0 Å². The third-order valence-corrected chi connectivity index (χ3v) is 5.41. The molecule has 10 heteroatoms. The number of aliphatic carboxylic acids is 1. The molecule has 3 amide bonds. The van der Waals surface area contributed by atoms with Gasteiger partial charge in [-0.3, -0.25) is 14.4 Å². The van der Waals surface area contributed by atoms with E-state index in [1.54, 1.807) is 12.1 Å². The van der Waals surface area contributed by atoms with Gasteiger partial charge in [0.15, 0.2) is 0 Å². The molecule has 0 aliphatic carbocycles. The van der Waals surface area contributed by atoms with Crippen molar-refractivity contribution in [1.29, 1.82) is 0 Å². The van der Waals surface area contributed by atoms with E-state index in [4.69, 9.17) is 5.73 Å². The van der Waals surface area contributed by atoms with Crippen molar-refractivity contribution in [2.45, 2.75) is 51.2 Å². The molecule has 0 heterocycles. The standard InChI is InChI=1S/C26H34N4O6/c1-16(2)12-20(27)24(33)30-21(13-17-6-4-3-5-7-17)25(34)28-15-23(32)29-22(26(35)36)14-18-8-10-19(31)11-9-18/h3-11,16,20-22,31H,12-15,27H2,1-2H3,(H,28,34)(H,29,32)(H,30,33)(H,35,36). The molecule has 0 radical (unpaired) electrons. The number of hydrogen-bond acceptors (Lipinski definition) is 6. The summed E-state index contributed by atoms with van der Waals surface area (Å²) >= 11 is 0. The summed E-state index contributed by atoms with van der Waals surface area (Å²) in [6.45, 7) is 3.40. The predicted octanol–water partition coefficient (Wildman–Crippen LogP) is 0.721. The molecule has 0 aromatic heterocycles. The molecule has 7 N–H and O–H groups in total. The van der Waals surface area contributed by atoms with Gasteiger partial charge in [0.2, 0.25) is 17.7 Å². The summed E-state index contributed by atoms with van der Waals surface area (Å²) in [4.78, 5) is 49.5. The van der Waals surface area contributed by atoms with Crippen LogP contribution in [0.2, 0.25) is 0 Å². The van der Waals surface area contributed by atoms with Gasteiger partial charge < -0.3 is 31.9 Å². The summed E-state index contributed by atoms with van der Waals surface area (Å²) in [5.41, 5.74) is 7.37. The van der Waals surface area contributed by atoms with Crippen LogP contribution in [0.3, 0.4) is 0 Å². The molecule has 194 valence electrons. The van der Waals surface area contributed by atoms with Crippen LogP contribution in [-0.2, 0) is 32.0 Å². The van der Waals surface area contributed by atoms with Gasteiger partial charge in [0, 0.05) is 12.8 Å². The summed E-state index contributed by atoms with van der Waals surface area (Å²) < 4.78 is 0. The number of nitrogens with two attached hydrogens (primary N) is 1. The average Bonchev–Trinajstić information content (AvgIpc) is 2.83. The number of benzene rings is 2. The van der Waals surface area contributed by atoms with Gasteiger partial charge in [-0.05, 0) is 35.6 Å². The summed E-state index contributed by atoms with van der Waals surface area (Å²) in [6, 6.07) is 12.0. The lowest BCUT2D eigenvalue weighted by Gasteiger charge is -2.22. The maximum Gasteiger partial charge on any atom is 0.326 e. The number of aromatic hydroxyl groups is 1. The summed E-state index contributed by atoms with van der Waals surface area (Å²) in [5.74, 6) is -2.76. The molecule has 3 unspecified atom stereocenters. The molecule has 0 saturated carbocycles. The number of phenolic OH excluding ortho intramolecular Hbond substituents is 1. The van der Waals surface area contributed by atoms with E-state index in [0.717, 1.165) is 5.56 Å². The minimum absolute atomic E-state index is 0.00424. The molecular formula is C26H34N4O6. The average molecular weight is 499 g/mol. The van der Waals surface area contributed by atoms with E-state index < -0.39 is 48.4 Å². The fraction of sp³-hybridized carbons (Fsp3) is 0.385. The molecule has 0 saturated heterocycles. The van der Waals surface area contributed by atoms with Crippen molar-refractivity contribution in [3.8, 4) is 5.75 Å². The van der Waals surface area contributed by atoms with Crippen molar-refractivity contribution in [3.63, 3.8) is 0 Å². The first-order valence-electron chi connectivity index (χ1n) is 11.7. The Morgan fingerprint density at radius 1 is 0.833 bits per heavy atom. The lowest BCUT2D eigenvalue weighted by Crippen LogP contribution is -2.54. The Balaban J connectivity index is 2.00. The normalized spacial score (nSPS) is 13.3. The molecule has 3 atom stereocenters. The molecule has 0 aliphatic heterocycles. The van der Waals surface area contributed by atoms with Crippen LogP contribution < -0.4 is 21.7 Å². The first kappa shape index (κ1) is 28.3. The van der Waals surface area contributed by atoms with Crippen LogP contribution in [0.15, 0.2) is 54.6 Å². The van der Waals surface area contributed by atoms with E-state index in [9.17, 15) is 29.4 Å². The molecule has 0 fully saturated rings. The van der Waals surface area contributed by atoms with Crippen molar-refractivity contribution < 1.29 is 29.4 Å². The Morgan fingerprint density at radius 2 is 1.42 bits per heavy atom. The molecule has 2 rings (SSSR count). The third-order valence-electron chi connectivity index (χ3n) is 5.41. The Hall–Kier alpha value is -3.92. The molecule has 0 aliphatic rings. The number of carboxylic acids is 1. The topological polar surface area (TPSA) is 171 Å². The Labute approximate surface area is 210 Å². The van der Waals surface area contributed by atoms with E-state index in [0.29, 0.717) is 12.0 Å². The summed E-state index contributed by atoms with van der Waals surface area (Å²) in [5, 5.41) is 26.4. The lowest BCUT2D eigenvalue weighted by atomic mass is 10.0. The monoisotopic (exact) mass is 498 g/mol. The van der Waals surface area contributed by atoms with Gasteiger partial charge in [-0.15, -0.1) is 0 Å².